The molecule has 0 spiro atoms. The minimum Gasteiger partial charge on any atom is -0.350 e. The summed E-state index contributed by atoms with van der Waals surface area (Å²) in [5.74, 6) is -0.138. The highest BCUT2D eigenvalue weighted by molar-refractivity contribution is 5.93. The number of halogens is 1. The smallest absolute Gasteiger partial charge is 0.273 e. The van der Waals surface area contributed by atoms with E-state index in [1.807, 2.05) is 23.7 Å². The van der Waals surface area contributed by atoms with Crippen molar-refractivity contribution >= 4 is 18.3 Å². The Morgan fingerprint density at radius 3 is 2.72 bits per heavy atom. The third kappa shape index (κ3) is 4.58. The van der Waals surface area contributed by atoms with Gasteiger partial charge in [0.1, 0.15) is 0 Å². The van der Waals surface area contributed by atoms with E-state index in [1.54, 1.807) is 0 Å². The van der Waals surface area contributed by atoms with Crippen molar-refractivity contribution in [1.29, 1.82) is 0 Å². The quantitative estimate of drug-likeness (QED) is 0.854. The lowest BCUT2D eigenvalue weighted by atomic mass is 10.1. The Morgan fingerprint density at radius 2 is 2.00 bits per heavy atom. The van der Waals surface area contributed by atoms with Crippen molar-refractivity contribution in [3.05, 3.63) is 46.8 Å². The first kappa shape index (κ1) is 19.4. The van der Waals surface area contributed by atoms with E-state index in [0.717, 1.165) is 38.0 Å². The van der Waals surface area contributed by atoms with E-state index in [1.165, 1.54) is 11.1 Å². The minimum atomic E-state index is -0.138. The molecule has 3 rings (SSSR count). The molecule has 0 unspecified atom stereocenters. The monoisotopic (exact) mass is 363 g/mol. The molecule has 7 heteroatoms. The number of nitrogens with one attached hydrogen (secondary N) is 2. The highest BCUT2D eigenvalue weighted by atomic mass is 35.5. The molecule has 0 bridgehead atoms. The zero-order valence-electron chi connectivity index (χ0n) is 14.8. The van der Waals surface area contributed by atoms with Gasteiger partial charge in [0, 0.05) is 6.54 Å². The van der Waals surface area contributed by atoms with Gasteiger partial charge < -0.3 is 10.6 Å². The van der Waals surface area contributed by atoms with Gasteiger partial charge >= 0.3 is 0 Å². The number of carbonyl (C=O) groups excluding carboxylic acids is 1. The molecule has 0 aliphatic carbocycles. The van der Waals surface area contributed by atoms with Crippen LogP contribution in [0.4, 0.5) is 0 Å². The van der Waals surface area contributed by atoms with Crippen LogP contribution in [-0.2, 0) is 6.42 Å². The van der Waals surface area contributed by atoms with Crippen molar-refractivity contribution in [2.75, 3.05) is 19.6 Å². The summed E-state index contributed by atoms with van der Waals surface area (Å²) in [5.41, 5.74) is 3.81. The van der Waals surface area contributed by atoms with Crippen LogP contribution in [0.2, 0.25) is 0 Å². The van der Waals surface area contributed by atoms with Crippen molar-refractivity contribution in [3.63, 3.8) is 0 Å². The normalized spacial score (nSPS) is 14.8. The van der Waals surface area contributed by atoms with E-state index < -0.39 is 0 Å². The van der Waals surface area contributed by atoms with Crippen LogP contribution in [-0.4, -0.2) is 40.5 Å². The summed E-state index contributed by atoms with van der Waals surface area (Å²) in [6.45, 7) is 6.59. The number of amides is 1. The van der Waals surface area contributed by atoms with Crippen LogP contribution in [0.25, 0.3) is 0 Å². The second kappa shape index (κ2) is 8.97. The Balaban J connectivity index is 0.00000225. The molecule has 1 aromatic carbocycles. The van der Waals surface area contributed by atoms with Gasteiger partial charge in [0.05, 0.1) is 11.7 Å². The third-order valence-corrected chi connectivity index (χ3v) is 4.74. The van der Waals surface area contributed by atoms with Crippen LogP contribution in [0.3, 0.4) is 0 Å². The first-order chi connectivity index (χ1) is 11.7. The van der Waals surface area contributed by atoms with Crippen molar-refractivity contribution in [3.8, 4) is 0 Å². The molecule has 1 aliphatic rings. The molecule has 0 saturated carbocycles. The fraction of sp³-hybridized carbons (Fsp3) is 0.500. The SMILES string of the molecule is Cc1ccccc1CCNC(=O)c1nnn(C2CCNCC2)c1C.Cl. The molecule has 136 valence electrons. The molecule has 1 saturated heterocycles. The summed E-state index contributed by atoms with van der Waals surface area (Å²) in [6, 6.07) is 8.58. The molecule has 1 aromatic heterocycles. The summed E-state index contributed by atoms with van der Waals surface area (Å²) < 4.78 is 1.91. The maximum Gasteiger partial charge on any atom is 0.273 e. The summed E-state index contributed by atoms with van der Waals surface area (Å²) in [5, 5.41) is 14.6. The fourth-order valence-electron chi connectivity index (χ4n) is 3.23. The first-order valence-corrected chi connectivity index (χ1v) is 8.62. The second-order valence-electron chi connectivity index (χ2n) is 6.38. The van der Waals surface area contributed by atoms with E-state index >= 15 is 0 Å². The lowest BCUT2D eigenvalue weighted by molar-refractivity contribution is 0.0948. The van der Waals surface area contributed by atoms with Gasteiger partial charge in [-0.15, -0.1) is 17.5 Å². The molecule has 2 N–H and O–H groups in total. The van der Waals surface area contributed by atoms with Crippen molar-refractivity contribution in [2.45, 2.75) is 39.2 Å². The van der Waals surface area contributed by atoms with Gasteiger partial charge in [0.15, 0.2) is 5.69 Å². The number of aryl methyl sites for hydroxylation is 1. The molecule has 1 aliphatic heterocycles. The maximum absolute atomic E-state index is 12.4. The third-order valence-electron chi connectivity index (χ3n) is 4.74. The Bertz CT molecular complexity index is 709. The van der Waals surface area contributed by atoms with Crippen LogP contribution in [0, 0.1) is 13.8 Å². The fourth-order valence-corrected chi connectivity index (χ4v) is 3.23. The lowest BCUT2D eigenvalue weighted by Crippen LogP contribution is -2.30. The van der Waals surface area contributed by atoms with E-state index in [4.69, 9.17) is 0 Å². The summed E-state index contributed by atoms with van der Waals surface area (Å²) in [6.07, 6.45) is 2.87. The Labute approximate surface area is 154 Å². The summed E-state index contributed by atoms with van der Waals surface area (Å²) in [7, 11) is 0. The van der Waals surface area contributed by atoms with E-state index in [-0.39, 0.29) is 18.3 Å². The molecule has 0 radical (unpaired) electrons. The van der Waals surface area contributed by atoms with Gasteiger partial charge in [0.2, 0.25) is 0 Å². The van der Waals surface area contributed by atoms with Crippen LogP contribution in [0.15, 0.2) is 24.3 Å². The van der Waals surface area contributed by atoms with E-state index in [9.17, 15) is 4.79 Å². The molecular weight excluding hydrogens is 338 g/mol. The van der Waals surface area contributed by atoms with Crippen LogP contribution < -0.4 is 10.6 Å². The molecular formula is C18H26ClN5O. The number of nitrogens with zero attached hydrogens (tertiary/aromatic N) is 3. The van der Waals surface area contributed by atoms with Crippen molar-refractivity contribution < 1.29 is 4.79 Å². The minimum absolute atomic E-state index is 0. The van der Waals surface area contributed by atoms with Crippen LogP contribution in [0.1, 0.15) is 46.2 Å². The predicted molar refractivity (Wildman–Crippen MR) is 100 cm³/mol. The molecule has 0 atom stereocenters. The number of benzene rings is 1. The average molecular weight is 364 g/mol. The Kier molecular flexibility index (Phi) is 6.96. The highest BCUT2D eigenvalue weighted by Crippen LogP contribution is 2.20. The maximum atomic E-state index is 12.4. The van der Waals surface area contributed by atoms with Gasteiger partial charge in [-0.25, -0.2) is 4.68 Å². The lowest BCUT2D eigenvalue weighted by Gasteiger charge is -2.23. The van der Waals surface area contributed by atoms with Crippen LogP contribution in [0.5, 0.6) is 0 Å². The summed E-state index contributed by atoms with van der Waals surface area (Å²) >= 11 is 0. The zero-order chi connectivity index (χ0) is 16.9. The first-order valence-electron chi connectivity index (χ1n) is 8.62. The molecule has 6 nitrogen and oxygen atoms in total. The number of aromatic nitrogens is 3. The van der Waals surface area contributed by atoms with Gasteiger partial charge in [-0.3, -0.25) is 4.79 Å². The number of rotatable bonds is 5. The van der Waals surface area contributed by atoms with Crippen molar-refractivity contribution in [1.82, 2.24) is 25.6 Å². The number of carbonyl (C=O) groups is 1. The number of hydrogen-bond acceptors (Lipinski definition) is 4. The predicted octanol–water partition coefficient (Wildman–Crippen LogP) is 2.21. The number of piperidine rings is 1. The van der Waals surface area contributed by atoms with E-state index in [0.29, 0.717) is 18.3 Å². The molecule has 2 aromatic rings. The van der Waals surface area contributed by atoms with Crippen LogP contribution >= 0.6 is 12.4 Å². The Hall–Kier alpha value is -1.92. The molecule has 2 heterocycles. The largest absolute Gasteiger partial charge is 0.350 e. The zero-order valence-corrected chi connectivity index (χ0v) is 15.6. The highest BCUT2D eigenvalue weighted by Gasteiger charge is 2.22. The van der Waals surface area contributed by atoms with Crippen molar-refractivity contribution in [2.24, 2.45) is 0 Å². The van der Waals surface area contributed by atoms with E-state index in [2.05, 4.69) is 40.0 Å². The topological polar surface area (TPSA) is 71.8 Å². The average Bonchev–Trinajstić information content (AvgIpc) is 2.99. The molecule has 25 heavy (non-hydrogen) atoms. The molecule has 1 amide bonds. The molecule has 1 fully saturated rings. The number of hydrogen-bond donors (Lipinski definition) is 2. The second-order valence-corrected chi connectivity index (χ2v) is 6.38. The summed E-state index contributed by atoms with van der Waals surface area (Å²) in [4.78, 5) is 12.4. The Morgan fingerprint density at radius 1 is 1.28 bits per heavy atom. The van der Waals surface area contributed by atoms with Gasteiger partial charge in [0.25, 0.3) is 5.91 Å². The van der Waals surface area contributed by atoms with Gasteiger partial charge in [-0.2, -0.15) is 0 Å². The van der Waals surface area contributed by atoms with Gasteiger partial charge in [-0.05, 0) is 57.3 Å². The van der Waals surface area contributed by atoms with Gasteiger partial charge in [-0.1, -0.05) is 29.5 Å². The standard InChI is InChI=1S/C18H25N5O.ClH/c1-13-5-3-4-6-15(13)7-12-20-18(24)17-14(2)23(22-21-17)16-8-10-19-11-9-16;/h3-6,16,19H,7-12H2,1-2H3,(H,20,24);1H.